The Balaban J connectivity index is 4.22. The van der Waals surface area contributed by atoms with Gasteiger partial charge in [0.25, 0.3) is 0 Å². The lowest BCUT2D eigenvalue weighted by Gasteiger charge is -2.32. The first-order valence-electron chi connectivity index (χ1n) is 6.16. The maximum absolute atomic E-state index is 10.6. The van der Waals surface area contributed by atoms with Gasteiger partial charge in [-0.15, -0.1) is 0 Å². The van der Waals surface area contributed by atoms with E-state index in [0.717, 1.165) is 12.7 Å². The highest BCUT2D eigenvalue weighted by atomic mass is 28.4. The Labute approximate surface area is 95.5 Å². The Bertz CT molecular complexity index is 170. The second-order valence-electron chi connectivity index (χ2n) is 4.52. The molecule has 0 fully saturated rings. The van der Waals surface area contributed by atoms with Gasteiger partial charge in [-0.1, -0.05) is 27.7 Å². The number of hydrogen-bond acceptors (Lipinski definition) is 2. The highest BCUT2D eigenvalue weighted by Crippen LogP contribution is 2.24. The molecule has 0 aliphatic heterocycles. The van der Waals surface area contributed by atoms with E-state index in [9.17, 15) is 4.79 Å². The molecule has 0 amide bonds. The molecular formula is C12H26O2Si. The molecule has 90 valence electrons. The smallest absolute Gasteiger partial charge is 0.192 e. The third-order valence-electron chi connectivity index (χ3n) is 3.32. The molecule has 0 aliphatic carbocycles. The van der Waals surface area contributed by atoms with Gasteiger partial charge in [0.1, 0.15) is 6.29 Å². The van der Waals surface area contributed by atoms with Crippen LogP contribution in [0.3, 0.4) is 0 Å². The lowest BCUT2D eigenvalue weighted by molar-refractivity contribution is -0.111. The van der Waals surface area contributed by atoms with Crippen molar-refractivity contribution >= 4 is 14.6 Å². The van der Waals surface area contributed by atoms with Gasteiger partial charge in [0.05, 0.1) is 0 Å². The number of carbonyl (C=O) groups excluding carboxylic acids is 1. The van der Waals surface area contributed by atoms with E-state index in [2.05, 4.69) is 27.7 Å². The van der Waals surface area contributed by atoms with Crippen molar-refractivity contribution in [2.24, 2.45) is 5.92 Å². The van der Waals surface area contributed by atoms with Crippen molar-refractivity contribution in [1.82, 2.24) is 0 Å². The number of carbonyl (C=O) groups is 1. The van der Waals surface area contributed by atoms with Crippen LogP contribution in [0.5, 0.6) is 0 Å². The highest BCUT2D eigenvalue weighted by molar-refractivity contribution is 6.73. The summed E-state index contributed by atoms with van der Waals surface area (Å²) < 4.78 is 6.24. The predicted molar refractivity (Wildman–Crippen MR) is 67.6 cm³/mol. The molecule has 0 saturated heterocycles. The van der Waals surface area contributed by atoms with Crippen LogP contribution in [-0.2, 0) is 9.22 Å². The SMILES string of the molecule is CC[Si](CC)(CC)O[C@H](C)C[C@@H](C)C=O. The highest BCUT2D eigenvalue weighted by Gasteiger charge is 2.30. The van der Waals surface area contributed by atoms with E-state index in [1.165, 1.54) is 18.1 Å². The van der Waals surface area contributed by atoms with Gasteiger partial charge in [-0.25, -0.2) is 0 Å². The summed E-state index contributed by atoms with van der Waals surface area (Å²) in [6.07, 6.45) is 2.11. The summed E-state index contributed by atoms with van der Waals surface area (Å²) in [6.45, 7) is 10.8. The van der Waals surface area contributed by atoms with E-state index < -0.39 is 8.32 Å². The summed E-state index contributed by atoms with van der Waals surface area (Å²) in [5, 5.41) is 0. The topological polar surface area (TPSA) is 26.3 Å². The molecule has 0 aromatic carbocycles. The summed E-state index contributed by atoms with van der Waals surface area (Å²) in [4.78, 5) is 10.6. The van der Waals surface area contributed by atoms with Crippen molar-refractivity contribution in [2.45, 2.75) is 65.3 Å². The molecule has 2 nitrogen and oxygen atoms in total. The Morgan fingerprint density at radius 3 is 1.93 bits per heavy atom. The van der Waals surface area contributed by atoms with Crippen molar-refractivity contribution in [2.75, 3.05) is 0 Å². The average Bonchev–Trinajstić information content (AvgIpc) is 2.26. The molecule has 0 N–H and O–H groups in total. The normalized spacial score (nSPS) is 16.1. The van der Waals surface area contributed by atoms with Crippen LogP contribution < -0.4 is 0 Å². The van der Waals surface area contributed by atoms with Crippen LogP contribution in [0.2, 0.25) is 18.1 Å². The maximum atomic E-state index is 10.6. The predicted octanol–water partition coefficient (Wildman–Crippen LogP) is 3.62. The largest absolute Gasteiger partial charge is 0.414 e. The minimum absolute atomic E-state index is 0.122. The van der Waals surface area contributed by atoms with Crippen LogP contribution in [0.1, 0.15) is 41.0 Å². The van der Waals surface area contributed by atoms with Crippen molar-refractivity contribution in [1.29, 1.82) is 0 Å². The van der Waals surface area contributed by atoms with Gasteiger partial charge >= 0.3 is 0 Å². The van der Waals surface area contributed by atoms with Crippen LogP contribution in [-0.4, -0.2) is 20.7 Å². The van der Waals surface area contributed by atoms with Crippen molar-refractivity contribution in [3.8, 4) is 0 Å². The van der Waals surface area contributed by atoms with Crippen molar-refractivity contribution < 1.29 is 9.22 Å². The molecule has 0 aromatic rings. The third-order valence-corrected chi connectivity index (χ3v) is 8.09. The number of aldehydes is 1. The molecular weight excluding hydrogens is 204 g/mol. The zero-order valence-electron chi connectivity index (χ0n) is 10.9. The van der Waals surface area contributed by atoms with Crippen LogP contribution in [0.4, 0.5) is 0 Å². The molecule has 3 heteroatoms. The summed E-state index contributed by atoms with van der Waals surface area (Å²) in [7, 11) is -1.48. The Kier molecular flexibility index (Phi) is 7.10. The summed E-state index contributed by atoms with van der Waals surface area (Å²) in [5.74, 6) is 0.122. The molecule has 0 aromatic heterocycles. The molecule has 0 unspecified atom stereocenters. The second-order valence-corrected chi connectivity index (χ2v) is 9.24. The van der Waals surface area contributed by atoms with Gasteiger partial charge in [-0.05, 0) is 31.5 Å². The van der Waals surface area contributed by atoms with Crippen LogP contribution in [0.25, 0.3) is 0 Å². The van der Waals surface area contributed by atoms with E-state index in [1.807, 2.05) is 6.92 Å². The molecule has 0 saturated carbocycles. The Hall–Kier alpha value is -0.153. The van der Waals surface area contributed by atoms with E-state index in [-0.39, 0.29) is 12.0 Å². The molecule has 0 radical (unpaired) electrons. The number of rotatable bonds is 8. The minimum atomic E-state index is -1.48. The molecule has 2 atom stereocenters. The summed E-state index contributed by atoms with van der Waals surface area (Å²) in [6, 6.07) is 3.54. The van der Waals surface area contributed by atoms with Gasteiger partial charge in [0, 0.05) is 12.0 Å². The zero-order valence-corrected chi connectivity index (χ0v) is 11.9. The zero-order chi connectivity index (χ0) is 11.9. The number of hydrogen-bond donors (Lipinski definition) is 0. The van der Waals surface area contributed by atoms with Crippen LogP contribution in [0.15, 0.2) is 0 Å². The molecule has 0 aliphatic rings. The first kappa shape index (κ1) is 14.8. The fourth-order valence-corrected chi connectivity index (χ4v) is 5.00. The molecule has 0 heterocycles. The molecule has 0 bridgehead atoms. The first-order chi connectivity index (χ1) is 7.03. The second kappa shape index (κ2) is 7.18. The van der Waals surface area contributed by atoms with Gasteiger partial charge in [0.2, 0.25) is 0 Å². The van der Waals surface area contributed by atoms with E-state index in [0.29, 0.717) is 0 Å². The lowest BCUT2D eigenvalue weighted by Crippen LogP contribution is -2.39. The monoisotopic (exact) mass is 230 g/mol. The maximum Gasteiger partial charge on any atom is 0.192 e. The minimum Gasteiger partial charge on any atom is -0.414 e. The third kappa shape index (κ3) is 4.93. The molecule has 0 spiro atoms. The van der Waals surface area contributed by atoms with Gasteiger partial charge in [-0.3, -0.25) is 0 Å². The van der Waals surface area contributed by atoms with E-state index >= 15 is 0 Å². The molecule has 15 heavy (non-hydrogen) atoms. The van der Waals surface area contributed by atoms with Crippen LogP contribution >= 0.6 is 0 Å². The summed E-state index contributed by atoms with van der Waals surface area (Å²) in [5.41, 5.74) is 0. The van der Waals surface area contributed by atoms with Crippen molar-refractivity contribution in [3.05, 3.63) is 0 Å². The van der Waals surface area contributed by atoms with Gasteiger partial charge in [0.15, 0.2) is 8.32 Å². The summed E-state index contributed by atoms with van der Waals surface area (Å²) >= 11 is 0. The van der Waals surface area contributed by atoms with Crippen molar-refractivity contribution in [3.63, 3.8) is 0 Å². The lowest BCUT2D eigenvalue weighted by atomic mass is 10.1. The van der Waals surface area contributed by atoms with Crippen LogP contribution in [0, 0.1) is 5.92 Å². The Morgan fingerprint density at radius 1 is 1.13 bits per heavy atom. The van der Waals surface area contributed by atoms with Gasteiger partial charge in [-0.2, -0.15) is 0 Å². The van der Waals surface area contributed by atoms with E-state index in [1.54, 1.807) is 0 Å². The fourth-order valence-electron chi connectivity index (χ4n) is 2.05. The fraction of sp³-hybridized carbons (Fsp3) is 0.917. The Morgan fingerprint density at radius 2 is 1.60 bits per heavy atom. The standard InChI is InChI=1S/C12H26O2Si/c1-6-15(7-2,8-3)14-12(5)9-11(4)10-13/h10-12H,6-9H2,1-5H3/t11-,12-/m1/s1. The van der Waals surface area contributed by atoms with E-state index in [4.69, 9.17) is 4.43 Å². The molecule has 0 rings (SSSR count). The van der Waals surface area contributed by atoms with Gasteiger partial charge < -0.3 is 9.22 Å². The first-order valence-corrected chi connectivity index (χ1v) is 8.69. The average molecular weight is 230 g/mol. The quantitative estimate of drug-likeness (QED) is 0.470.